The van der Waals surface area contributed by atoms with Crippen LogP contribution in [0.4, 0.5) is 0 Å². The van der Waals surface area contributed by atoms with Crippen LogP contribution >= 0.6 is 0 Å². The first kappa shape index (κ1) is 69.5. The molecule has 4 aliphatic heterocycles. The van der Waals surface area contributed by atoms with Gasteiger partial charge < -0.3 is 4.74 Å². The summed E-state index contributed by atoms with van der Waals surface area (Å²) in [5, 5.41) is 4.56. The number of carbonyl (C=O) groups excluding carboxylic acids is 6. The van der Waals surface area contributed by atoms with Crippen molar-refractivity contribution in [3.63, 3.8) is 0 Å². The van der Waals surface area contributed by atoms with Crippen LogP contribution in [0.3, 0.4) is 0 Å². The lowest BCUT2D eigenvalue weighted by Crippen LogP contribution is -2.44. The average molecular weight is 1300 g/mol. The predicted octanol–water partition coefficient (Wildman–Crippen LogP) is 11.1. The minimum absolute atomic E-state index is 0.110. The van der Waals surface area contributed by atoms with Crippen molar-refractivity contribution in [3.8, 4) is 0 Å². The van der Waals surface area contributed by atoms with E-state index in [9.17, 15) is 28.8 Å². The molecule has 0 aromatic heterocycles. The van der Waals surface area contributed by atoms with Gasteiger partial charge in [-0.3, -0.25) is 48.4 Å². The van der Waals surface area contributed by atoms with E-state index in [-0.39, 0.29) is 56.0 Å². The third-order valence-electron chi connectivity index (χ3n) is 17.8. The van der Waals surface area contributed by atoms with E-state index in [1.54, 1.807) is 6.92 Å². The Morgan fingerprint density at radius 1 is 0.385 bits per heavy atom. The quantitative estimate of drug-likeness (QED) is 0.0411. The maximum atomic E-state index is 12.6. The van der Waals surface area contributed by atoms with Gasteiger partial charge in [-0.15, -0.1) is 0 Å². The first-order chi connectivity index (χ1) is 44.4. The van der Waals surface area contributed by atoms with Crippen LogP contribution in [0.5, 0.6) is 0 Å². The highest BCUT2D eigenvalue weighted by atomic mass is 32.2. The number of methoxy groups -OCH3 is 1. The number of Topliss-reactive ketones (excluding diaryl/α,β-unsaturated/α-hetero) is 5. The van der Waals surface area contributed by atoms with Gasteiger partial charge in [0.1, 0.15) is 51.8 Å². The molecule has 7 aromatic rings. The smallest absolute Gasteiger partial charge is 0.319 e. The summed E-state index contributed by atoms with van der Waals surface area (Å²) in [5.74, 6) is 13.7. The Morgan fingerprint density at radius 2 is 0.736 bits per heavy atom. The van der Waals surface area contributed by atoms with Crippen LogP contribution in [-0.4, -0.2) is 203 Å². The zero-order chi connectivity index (χ0) is 63.6. The van der Waals surface area contributed by atoms with Crippen LogP contribution in [0, 0.1) is 5.92 Å². The van der Waals surface area contributed by atoms with Gasteiger partial charge >= 0.3 is 5.97 Å². The summed E-state index contributed by atoms with van der Waals surface area (Å²) in [6.07, 6.45) is 7.20. The minimum atomic E-state index is -0.191. The fourth-order valence-corrected chi connectivity index (χ4v) is 20.6. The van der Waals surface area contributed by atoms with Gasteiger partial charge in [-0.05, 0) is 109 Å². The van der Waals surface area contributed by atoms with Crippen molar-refractivity contribution in [2.75, 3.05) is 148 Å². The van der Waals surface area contributed by atoms with E-state index in [1.165, 1.54) is 81.3 Å². The minimum Gasteiger partial charge on any atom is -0.468 e. The molecule has 7 aromatic carbocycles. The molecule has 91 heavy (non-hydrogen) atoms. The summed E-state index contributed by atoms with van der Waals surface area (Å²) < 4.78 is 4.70. The zero-order valence-corrected chi connectivity index (χ0v) is 56.9. The number of ketones is 5. The van der Waals surface area contributed by atoms with E-state index < -0.39 is 0 Å². The van der Waals surface area contributed by atoms with Gasteiger partial charge in [-0.25, -0.2) is 0 Å². The number of hydrogen-bond acceptors (Lipinski definition) is 11. The molecule has 5 fully saturated rings. The molecular weight excluding hydrogens is 1210 g/mol. The molecule has 1 saturated carbocycles. The van der Waals surface area contributed by atoms with Crippen molar-refractivity contribution in [3.05, 3.63) is 204 Å². The maximum Gasteiger partial charge on any atom is 0.319 e. The van der Waals surface area contributed by atoms with Gasteiger partial charge in [-0.2, -0.15) is 0 Å². The van der Waals surface area contributed by atoms with Crippen LogP contribution in [0.1, 0.15) is 86.0 Å². The van der Waals surface area contributed by atoms with Crippen molar-refractivity contribution < 1.29 is 33.5 Å². The van der Waals surface area contributed by atoms with E-state index in [2.05, 4.69) is 68.1 Å². The molecule has 11 nitrogen and oxygen atoms in total. The summed E-state index contributed by atoms with van der Waals surface area (Å²) >= 11 is 0. The lowest BCUT2D eigenvalue weighted by atomic mass is 9.89. The molecular formula is C76H94N4O7S4+4. The topological polar surface area (TPSA) is 125 Å². The maximum absolute atomic E-state index is 12.6. The molecule has 0 bridgehead atoms. The molecule has 5 aliphatic rings. The van der Waals surface area contributed by atoms with E-state index in [4.69, 9.17) is 4.74 Å². The number of benzene rings is 7. The summed E-state index contributed by atoms with van der Waals surface area (Å²) in [7, 11) is 2.24. The molecule has 0 unspecified atom stereocenters. The molecule has 15 heteroatoms. The van der Waals surface area contributed by atoms with Gasteiger partial charge in [0, 0.05) is 87.7 Å². The van der Waals surface area contributed by atoms with Gasteiger partial charge in [0.05, 0.1) is 20.2 Å². The lowest BCUT2D eigenvalue weighted by Gasteiger charge is -2.31. The Bertz CT molecular complexity index is 3410. The molecule has 0 radical (unpaired) electrons. The Hall–Kier alpha value is -5.88. The number of fused-ring (bicyclic) bond motifs is 2. The van der Waals surface area contributed by atoms with Crippen LogP contribution in [0.15, 0.2) is 176 Å². The SMILES string of the molecule is CC(=O)CN1CC[S+](CC(=O)c2ccc3ccccc3c2)CC1.COC(=O)CN1CC[S+](CC(=O)c2ccc3ccccc3c2)CC1.O=C(C[S+]1CCN(CC2CCCCC2)CC1)c1ccccc1.O=C(C[S+]1CCN(Cc2ccccc2)CC1)c1ccccc1. The third kappa shape index (κ3) is 23.3. The fraction of sp³-hybridized carbons (Fsp3) is 0.421. The van der Waals surface area contributed by atoms with Crippen molar-refractivity contribution in [1.29, 1.82) is 0 Å². The summed E-state index contributed by atoms with van der Waals surface area (Å²) in [6.45, 7) is 13.1. The Labute approximate surface area is 552 Å². The highest BCUT2D eigenvalue weighted by Crippen LogP contribution is 2.26. The Balaban J connectivity index is 0.000000144. The standard InChI is InChI=1S/C19H22NO3S.C19H22NO2S.C19H28NOS.C19H22NOS/c1-23-19(22)13-20-8-10-24(11-9-20)14-18(21)17-7-6-15-4-2-3-5-16(15)12-17;1-15(21)13-20-8-10-23(11-9-20)14-19(22)18-7-6-16-4-2-3-5-17(16)12-18;2*21-19(18-9-5-2-6-10-18)16-22-13-11-20(12-14-22)15-17-7-3-1-4-8-17/h2-7,12H,8-11,13-14H2,1H3;2-7,12H,8-11,13-14H2,1H3;2,5-6,9-10,17H,1,3-4,7-8,11-16H2;1-10H,11-16H2/q4*+1. The van der Waals surface area contributed by atoms with Crippen LogP contribution in [0.2, 0.25) is 0 Å². The molecule has 0 N–H and O–H groups in total. The molecule has 480 valence electrons. The first-order valence-corrected chi connectivity index (χ1v) is 39.6. The van der Waals surface area contributed by atoms with E-state index >= 15 is 0 Å². The van der Waals surface area contributed by atoms with Crippen LogP contribution in [0.25, 0.3) is 21.5 Å². The number of ether oxygens (including phenoxy) is 1. The number of esters is 1. The summed E-state index contributed by atoms with van der Waals surface area (Å²) in [4.78, 5) is 81.7. The van der Waals surface area contributed by atoms with Crippen molar-refractivity contribution in [2.24, 2.45) is 5.92 Å². The van der Waals surface area contributed by atoms with Crippen molar-refractivity contribution >= 4 is 100 Å². The Kier molecular flexibility index (Phi) is 28.3. The molecule has 0 spiro atoms. The molecule has 0 amide bonds. The molecule has 12 rings (SSSR count). The summed E-state index contributed by atoms with van der Waals surface area (Å²) in [6, 6.07) is 58.3. The normalized spacial score (nSPS) is 17.7. The van der Waals surface area contributed by atoms with Gasteiger partial charge in [-0.1, -0.05) is 183 Å². The van der Waals surface area contributed by atoms with Crippen molar-refractivity contribution in [1.82, 2.24) is 19.6 Å². The third-order valence-corrected chi connectivity index (χ3v) is 26.5. The highest BCUT2D eigenvalue weighted by Gasteiger charge is 2.34. The molecule has 4 saturated heterocycles. The predicted molar refractivity (Wildman–Crippen MR) is 386 cm³/mol. The van der Waals surface area contributed by atoms with Gasteiger partial charge in [0.15, 0.2) is 23.0 Å². The Morgan fingerprint density at radius 3 is 1.14 bits per heavy atom. The number of nitrogens with zero attached hydrogens (tertiary/aromatic N) is 4. The monoisotopic (exact) mass is 1300 g/mol. The van der Waals surface area contributed by atoms with E-state index in [0.29, 0.717) is 47.1 Å². The van der Waals surface area contributed by atoms with Crippen molar-refractivity contribution in [2.45, 2.75) is 45.6 Å². The number of hydrogen-bond donors (Lipinski definition) is 0. The second-order valence-corrected chi connectivity index (χ2v) is 33.9. The summed E-state index contributed by atoms with van der Waals surface area (Å²) in [5.41, 5.74) is 4.76. The second-order valence-electron chi connectivity index (χ2n) is 24.6. The van der Waals surface area contributed by atoms with Gasteiger partial charge in [0.2, 0.25) is 23.1 Å². The molecule has 1 aliphatic carbocycles. The second kappa shape index (κ2) is 37.1. The lowest BCUT2D eigenvalue weighted by molar-refractivity contribution is -0.141. The first-order valence-electron chi connectivity index (χ1n) is 32.7. The zero-order valence-electron chi connectivity index (χ0n) is 53.6. The number of rotatable bonds is 20. The molecule has 0 atom stereocenters. The fourth-order valence-electron chi connectivity index (χ4n) is 12.3. The molecule has 4 heterocycles. The highest BCUT2D eigenvalue weighted by molar-refractivity contribution is 7.98. The average Bonchev–Trinajstić information content (AvgIpc) is 1.94. The van der Waals surface area contributed by atoms with Crippen LogP contribution < -0.4 is 0 Å². The van der Waals surface area contributed by atoms with E-state index in [0.717, 1.165) is 136 Å². The largest absolute Gasteiger partial charge is 0.468 e. The van der Waals surface area contributed by atoms with Gasteiger partial charge in [0.25, 0.3) is 0 Å². The van der Waals surface area contributed by atoms with E-state index in [1.807, 2.05) is 127 Å². The van der Waals surface area contributed by atoms with Crippen LogP contribution in [-0.2, 0) is 64.5 Å². The number of carbonyl (C=O) groups is 6.